The van der Waals surface area contributed by atoms with E-state index in [-0.39, 0.29) is 44.2 Å². The molecule has 13 heteroatoms. The van der Waals surface area contributed by atoms with Crippen molar-refractivity contribution in [1.29, 1.82) is 0 Å². The quantitative estimate of drug-likeness (QED) is 0.0835. The molecule has 318 valence electrons. The Morgan fingerprint density at radius 1 is 0.557 bits per heavy atom. The van der Waals surface area contributed by atoms with E-state index in [2.05, 4.69) is 0 Å². The lowest BCUT2D eigenvalue weighted by Gasteiger charge is -2.47. The van der Waals surface area contributed by atoms with Crippen LogP contribution in [0, 0.1) is 0 Å². The van der Waals surface area contributed by atoms with Gasteiger partial charge in [0.1, 0.15) is 24.4 Å². The third kappa shape index (κ3) is 12.0. The molecule has 0 bridgehead atoms. The van der Waals surface area contributed by atoms with Gasteiger partial charge in [-0.2, -0.15) is 0 Å². The van der Waals surface area contributed by atoms with E-state index in [0.717, 1.165) is 16.7 Å². The number of aliphatic hydroxyl groups excluding tert-OH is 1. The number of hydrogen-bond acceptors (Lipinski definition) is 13. The SMILES string of the molecule is CC(=O)O[C@H]1[C@H](O[C@@H]2[C@@H](OC(=O)c3ccccc3)[C@@H](O)OC[C@H]2OC(=O)c2ccccc2)O[C@H](COCc2ccccc2)[C@H](OCc2ccccc2)[C@@H]1OCc1ccccc1. The molecule has 0 radical (unpaired) electrons. The fraction of sp³-hybridized carbons (Fsp3) is 0.312. The summed E-state index contributed by atoms with van der Waals surface area (Å²) < 4.78 is 56.4. The Labute approximate surface area is 354 Å². The Morgan fingerprint density at radius 2 is 1.03 bits per heavy atom. The molecule has 9 atom stereocenters. The Balaban J connectivity index is 1.25. The Bertz CT molecular complexity index is 2110. The maximum absolute atomic E-state index is 13.5. The minimum Gasteiger partial charge on any atom is -0.454 e. The van der Waals surface area contributed by atoms with Gasteiger partial charge in [-0.1, -0.05) is 127 Å². The third-order valence-corrected chi connectivity index (χ3v) is 10.1. The predicted molar refractivity (Wildman–Crippen MR) is 218 cm³/mol. The summed E-state index contributed by atoms with van der Waals surface area (Å²) in [5.41, 5.74) is 3.05. The average Bonchev–Trinajstić information content (AvgIpc) is 3.29. The van der Waals surface area contributed by atoms with Crippen LogP contribution in [0.5, 0.6) is 0 Å². The van der Waals surface area contributed by atoms with Crippen LogP contribution >= 0.6 is 0 Å². The van der Waals surface area contributed by atoms with Crippen molar-refractivity contribution in [3.05, 3.63) is 179 Å². The molecule has 5 aromatic rings. The number of esters is 3. The lowest BCUT2D eigenvalue weighted by molar-refractivity contribution is -0.354. The van der Waals surface area contributed by atoms with Gasteiger partial charge < -0.3 is 47.7 Å². The van der Waals surface area contributed by atoms with Gasteiger partial charge in [-0.25, -0.2) is 9.59 Å². The van der Waals surface area contributed by atoms with Crippen molar-refractivity contribution in [2.75, 3.05) is 13.2 Å². The number of benzene rings is 5. The Hall–Kier alpha value is -5.77. The number of hydrogen-bond donors (Lipinski definition) is 1. The van der Waals surface area contributed by atoms with E-state index in [0.29, 0.717) is 0 Å². The van der Waals surface area contributed by atoms with Crippen molar-refractivity contribution in [2.45, 2.75) is 82.1 Å². The van der Waals surface area contributed by atoms with E-state index in [9.17, 15) is 19.5 Å². The lowest BCUT2D eigenvalue weighted by atomic mass is 9.97. The molecule has 2 aliphatic rings. The van der Waals surface area contributed by atoms with Crippen molar-refractivity contribution in [3.63, 3.8) is 0 Å². The first-order chi connectivity index (χ1) is 29.8. The first kappa shape index (κ1) is 43.3. The van der Waals surface area contributed by atoms with Crippen LogP contribution in [-0.2, 0) is 67.2 Å². The smallest absolute Gasteiger partial charge is 0.338 e. The van der Waals surface area contributed by atoms with Gasteiger partial charge in [0, 0.05) is 6.92 Å². The molecule has 7 rings (SSSR count). The molecule has 0 spiro atoms. The van der Waals surface area contributed by atoms with Crippen molar-refractivity contribution in [1.82, 2.24) is 0 Å². The monoisotopic (exact) mass is 832 g/mol. The molecule has 2 heterocycles. The lowest BCUT2D eigenvalue weighted by Crippen LogP contribution is -2.65. The number of rotatable bonds is 17. The van der Waals surface area contributed by atoms with Crippen LogP contribution in [0.15, 0.2) is 152 Å². The van der Waals surface area contributed by atoms with Crippen molar-refractivity contribution in [2.24, 2.45) is 0 Å². The molecule has 2 saturated heterocycles. The summed E-state index contributed by atoms with van der Waals surface area (Å²) in [6, 6.07) is 45.0. The van der Waals surface area contributed by atoms with E-state index in [1.807, 2.05) is 91.0 Å². The standard InChI is InChI=1S/C48H48O13/c1-32(49)57-44-42(55-29-35-21-11-4-12-22-35)40(54-28-34-19-9-3-10-20-34)38(30-53-27-33-17-7-2-8-18-33)59-48(44)61-41-39(58-45(50)36-23-13-5-14-24-36)31-56-47(52)43(41)60-46(51)37-25-15-6-16-26-37/h2-26,38-44,47-48,52H,27-31H2,1H3/t38-,39-,40+,41+,42+,43-,44-,47+,48+/m1/s1. The minimum absolute atomic E-state index is 0.0263. The molecular weight excluding hydrogens is 785 g/mol. The predicted octanol–water partition coefficient (Wildman–Crippen LogP) is 6.22. The second kappa shape index (κ2) is 21.7. The maximum Gasteiger partial charge on any atom is 0.338 e. The van der Waals surface area contributed by atoms with Crippen LogP contribution in [0.25, 0.3) is 0 Å². The van der Waals surface area contributed by atoms with Crippen LogP contribution in [-0.4, -0.2) is 91.5 Å². The van der Waals surface area contributed by atoms with Gasteiger partial charge in [0.25, 0.3) is 0 Å². The zero-order valence-corrected chi connectivity index (χ0v) is 33.5. The topological polar surface area (TPSA) is 155 Å². The van der Waals surface area contributed by atoms with Gasteiger partial charge in [-0.3, -0.25) is 4.79 Å². The number of ether oxygens (including phenoxy) is 9. The van der Waals surface area contributed by atoms with Crippen molar-refractivity contribution in [3.8, 4) is 0 Å². The first-order valence-corrected chi connectivity index (χ1v) is 20.0. The van der Waals surface area contributed by atoms with E-state index in [1.54, 1.807) is 60.7 Å². The zero-order valence-electron chi connectivity index (χ0n) is 33.5. The highest BCUT2D eigenvalue weighted by molar-refractivity contribution is 5.90. The molecule has 13 nitrogen and oxygen atoms in total. The summed E-state index contributed by atoms with van der Waals surface area (Å²) in [6.07, 6.45) is -11.7. The van der Waals surface area contributed by atoms with Crippen LogP contribution in [0.3, 0.4) is 0 Å². The molecule has 5 aromatic carbocycles. The number of carbonyl (C=O) groups is 3. The number of aliphatic hydroxyl groups is 1. The fourth-order valence-corrected chi connectivity index (χ4v) is 7.08. The highest BCUT2D eigenvalue weighted by Gasteiger charge is 2.54. The molecule has 0 saturated carbocycles. The summed E-state index contributed by atoms with van der Waals surface area (Å²) in [6.45, 7) is 1.34. The number of carbonyl (C=O) groups excluding carboxylic acids is 3. The van der Waals surface area contributed by atoms with Crippen molar-refractivity contribution < 1.29 is 62.1 Å². The van der Waals surface area contributed by atoms with Gasteiger partial charge in [0.15, 0.2) is 30.9 Å². The first-order valence-electron chi connectivity index (χ1n) is 20.0. The summed E-state index contributed by atoms with van der Waals surface area (Å²) in [5.74, 6) is -2.20. The van der Waals surface area contributed by atoms with Crippen LogP contribution in [0.4, 0.5) is 0 Å². The Kier molecular flexibility index (Phi) is 15.4. The van der Waals surface area contributed by atoms with Gasteiger partial charge in [-0.15, -0.1) is 0 Å². The van der Waals surface area contributed by atoms with Gasteiger partial charge in [0.05, 0.1) is 44.2 Å². The molecule has 0 amide bonds. The molecule has 61 heavy (non-hydrogen) atoms. The van der Waals surface area contributed by atoms with Crippen LogP contribution < -0.4 is 0 Å². The second-order valence-corrected chi connectivity index (χ2v) is 14.5. The molecular formula is C48H48O13. The van der Waals surface area contributed by atoms with E-state index < -0.39 is 73.2 Å². The molecule has 1 N–H and O–H groups in total. The molecule has 2 fully saturated rings. The molecule has 2 aliphatic heterocycles. The summed E-state index contributed by atoms with van der Waals surface area (Å²) in [5, 5.41) is 11.3. The summed E-state index contributed by atoms with van der Waals surface area (Å²) in [7, 11) is 0. The highest BCUT2D eigenvalue weighted by atomic mass is 16.8. The highest BCUT2D eigenvalue weighted by Crippen LogP contribution is 2.34. The summed E-state index contributed by atoms with van der Waals surface area (Å²) in [4.78, 5) is 40.1. The van der Waals surface area contributed by atoms with Gasteiger partial charge in [0.2, 0.25) is 0 Å². The fourth-order valence-electron chi connectivity index (χ4n) is 7.08. The minimum atomic E-state index is -1.72. The van der Waals surface area contributed by atoms with Crippen molar-refractivity contribution >= 4 is 17.9 Å². The average molecular weight is 833 g/mol. The zero-order chi connectivity index (χ0) is 42.4. The largest absolute Gasteiger partial charge is 0.454 e. The molecule has 0 unspecified atom stereocenters. The molecule has 0 aliphatic carbocycles. The maximum atomic E-state index is 13.5. The summed E-state index contributed by atoms with van der Waals surface area (Å²) >= 11 is 0. The van der Waals surface area contributed by atoms with E-state index in [1.165, 1.54) is 6.92 Å². The van der Waals surface area contributed by atoms with E-state index >= 15 is 0 Å². The normalized spacial score (nSPS) is 24.9. The third-order valence-electron chi connectivity index (χ3n) is 10.1. The van der Waals surface area contributed by atoms with Crippen LogP contribution in [0.1, 0.15) is 44.3 Å². The molecule has 0 aromatic heterocycles. The van der Waals surface area contributed by atoms with Gasteiger partial charge in [-0.05, 0) is 41.0 Å². The van der Waals surface area contributed by atoms with E-state index in [4.69, 9.17) is 42.6 Å². The second-order valence-electron chi connectivity index (χ2n) is 14.5. The van der Waals surface area contributed by atoms with Gasteiger partial charge >= 0.3 is 17.9 Å². The van der Waals surface area contributed by atoms with Crippen LogP contribution in [0.2, 0.25) is 0 Å². The Morgan fingerprint density at radius 3 is 1.56 bits per heavy atom.